The molecule has 96 valence electrons. The second kappa shape index (κ2) is 5.81. The highest BCUT2D eigenvalue weighted by Crippen LogP contribution is 2.08. The Morgan fingerprint density at radius 1 is 1.11 bits per heavy atom. The monoisotopic (exact) mass is 250 g/mol. The zero-order valence-corrected chi connectivity index (χ0v) is 10.1. The van der Waals surface area contributed by atoms with Crippen LogP contribution in [0.4, 0.5) is 5.69 Å². The maximum Gasteiger partial charge on any atom is 0.325 e. The van der Waals surface area contributed by atoms with E-state index in [-0.39, 0.29) is 0 Å². The van der Waals surface area contributed by atoms with Gasteiger partial charge in [-0.1, -0.05) is 17.7 Å². The number of nitrogens with one attached hydrogen (secondary N) is 2. The third-order valence-corrected chi connectivity index (χ3v) is 2.23. The first-order valence-electron chi connectivity index (χ1n) is 5.31. The van der Waals surface area contributed by atoms with E-state index < -0.39 is 23.8 Å². The summed E-state index contributed by atoms with van der Waals surface area (Å²) < 4.78 is 0. The lowest BCUT2D eigenvalue weighted by Gasteiger charge is -2.09. The molecule has 0 aliphatic carbocycles. The van der Waals surface area contributed by atoms with E-state index in [4.69, 9.17) is 5.11 Å². The van der Waals surface area contributed by atoms with Crippen molar-refractivity contribution in [3.63, 3.8) is 0 Å². The molecule has 0 saturated heterocycles. The molecule has 1 atom stereocenters. The molecule has 0 fully saturated rings. The van der Waals surface area contributed by atoms with E-state index in [1.807, 2.05) is 6.92 Å². The van der Waals surface area contributed by atoms with Gasteiger partial charge in [-0.2, -0.15) is 0 Å². The molecule has 0 spiro atoms. The topological polar surface area (TPSA) is 95.5 Å². The number of hydrogen-bond acceptors (Lipinski definition) is 3. The van der Waals surface area contributed by atoms with Crippen molar-refractivity contribution in [2.75, 3.05) is 5.32 Å². The Kier molecular flexibility index (Phi) is 4.42. The van der Waals surface area contributed by atoms with E-state index in [0.717, 1.165) is 5.56 Å². The van der Waals surface area contributed by atoms with Crippen molar-refractivity contribution in [3.8, 4) is 0 Å². The van der Waals surface area contributed by atoms with Crippen LogP contribution in [0, 0.1) is 6.92 Å². The highest BCUT2D eigenvalue weighted by Gasteiger charge is 2.19. The van der Waals surface area contributed by atoms with E-state index in [0.29, 0.717) is 5.69 Å². The number of rotatable bonds is 3. The van der Waals surface area contributed by atoms with E-state index in [1.165, 1.54) is 6.92 Å². The SMILES string of the molecule is Cc1ccc(NC(=O)C(=O)NC(C)C(=O)O)cc1. The van der Waals surface area contributed by atoms with Crippen LogP contribution in [-0.4, -0.2) is 28.9 Å². The first kappa shape index (κ1) is 13.7. The van der Waals surface area contributed by atoms with Crippen molar-refractivity contribution in [1.82, 2.24) is 5.32 Å². The van der Waals surface area contributed by atoms with E-state index in [9.17, 15) is 14.4 Å². The van der Waals surface area contributed by atoms with Crippen LogP contribution in [0.25, 0.3) is 0 Å². The molecule has 0 aliphatic rings. The minimum absolute atomic E-state index is 0.476. The average Bonchev–Trinajstić information content (AvgIpc) is 2.31. The van der Waals surface area contributed by atoms with Gasteiger partial charge in [0.25, 0.3) is 0 Å². The predicted octanol–water partition coefficient (Wildman–Crippen LogP) is 0.523. The summed E-state index contributed by atoms with van der Waals surface area (Å²) >= 11 is 0. The van der Waals surface area contributed by atoms with Gasteiger partial charge in [0.2, 0.25) is 0 Å². The normalized spacial score (nSPS) is 11.4. The van der Waals surface area contributed by atoms with Crippen LogP contribution in [0.15, 0.2) is 24.3 Å². The zero-order chi connectivity index (χ0) is 13.7. The summed E-state index contributed by atoms with van der Waals surface area (Å²) in [4.78, 5) is 33.3. The molecule has 2 amide bonds. The van der Waals surface area contributed by atoms with Crippen LogP contribution in [0.2, 0.25) is 0 Å². The summed E-state index contributed by atoms with van der Waals surface area (Å²) in [7, 11) is 0. The molecule has 6 heteroatoms. The Morgan fingerprint density at radius 2 is 1.67 bits per heavy atom. The Labute approximate surface area is 104 Å². The lowest BCUT2D eigenvalue weighted by Crippen LogP contribution is -2.44. The standard InChI is InChI=1S/C12H14N2O4/c1-7-3-5-9(6-4-7)14-11(16)10(15)13-8(2)12(17)18/h3-6,8H,1-2H3,(H,13,15)(H,14,16)(H,17,18). The van der Waals surface area contributed by atoms with Crippen molar-refractivity contribution >= 4 is 23.5 Å². The largest absolute Gasteiger partial charge is 0.480 e. The van der Waals surface area contributed by atoms with Gasteiger partial charge >= 0.3 is 17.8 Å². The van der Waals surface area contributed by atoms with Crippen LogP contribution in [0.5, 0.6) is 0 Å². The van der Waals surface area contributed by atoms with Gasteiger partial charge in [-0.05, 0) is 26.0 Å². The highest BCUT2D eigenvalue weighted by atomic mass is 16.4. The molecule has 18 heavy (non-hydrogen) atoms. The summed E-state index contributed by atoms with van der Waals surface area (Å²) in [6.45, 7) is 3.17. The lowest BCUT2D eigenvalue weighted by atomic mass is 10.2. The number of carboxylic acids is 1. The maximum absolute atomic E-state index is 11.4. The van der Waals surface area contributed by atoms with Gasteiger partial charge in [0.1, 0.15) is 6.04 Å². The third-order valence-electron chi connectivity index (χ3n) is 2.23. The first-order valence-corrected chi connectivity index (χ1v) is 5.31. The molecule has 3 N–H and O–H groups in total. The van der Waals surface area contributed by atoms with Gasteiger partial charge in [-0.3, -0.25) is 14.4 Å². The fourth-order valence-corrected chi connectivity index (χ4v) is 1.15. The van der Waals surface area contributed by atoms with Crippen LogP contribution in [0.1, 0.15) is 12.5 Å². The first-order chi connectivity index (χ1) is 8.40. The van der Waals surface area contributed by atoms with Crippen molar-refractivity contribution < 1.29 is 19.5 Å². The van der Waals surface area contributed by atoms with Gasteiger partial charge < -0.3 is 15.7 Å². The Hall–Kier alpha value is -2.37. The van der Waals surface area contributed by atoms with Crippen LogP contribution in [0.3, 0.4) is 0 Å². The molecular formula is C12H14N2O4. The second-order valence-electron chi connectivity index (χ2n) is 3.85. The summed E-state index contributed by atoms with van der Waals surface area (Å²) in [5.41, 5.74) is 1.50. The molecule has 0 bridgehead atoms. The summed E-state index contributed by atoms with van der Waals surface area (Å²) in [5, 5.41) is 13.0. The predicted molar refractivity (Wildman–Crippen MR) is 65.0 cm³/mol. The van der Waals surface area contributed by atoms with Gasteiger partial charge in [-0.15, -0.1) is 0 Å². The maximum atomic E-state index is 11.4. The Balaban J connectivity index is 2.57. The Bertz CT molecular complexity index is 467. The molecule has 0 heterocycles. The van der Waals surface area contributed by atoms with Gasteiger partial charge in [0, 0.05) is 5.69 Å². The number of hydrogen-bond donors (Lipinski definition) is 3. The Morgan fingerprint density at radius 3 is 2.17 bits per heavy atom. The van der Waals surface area contributed by atoms with Crippen molar-refractivity contribution in [1.29, 1.82) is 0 Å². The number of amides is 2. The molecular weight excluding hydrogens is 236 g/mol. The molecule has 1 unspecified atom stereocenters. The van der Waals surface area contributed by atoms with E-state index >= 15 is 0 Å². The highest BCUT2D eigenvalue weighted by molar-refractivity contribution is 6.39. The smallest absolute Gasteiger partial charge is 0.325 e. The summed E-state index contributed by atoms with van der Waals surface area (Å²) in [6, 6.07) is 5.77. The van der Waals surface area contributed by atoms with Crippen LogP contribution < -0.4 is 10.6 Å². The third kappa shape index (κ3) is 3.89. The molecule has 6 nitrogen and oxygen atoms in total. The number of anilines is 1. The molecule has 1 rings (SSSR count). The number of benzene rings is 1. The molecule has 1 aromatic carbocycles. The van der Waals surface area contributed by atoms with Crippen LogP contribution >= 0.6 is 0 Å². The fraction of sp³-hybridized carbons (Fsp3) is 0.250. The zero-order valence-electron chi connectivity index (χ0n) is 10.1. The number of carbonyl (C=O) groups is 3. The number of carbonyl (C=O) groups excluding carboxylic acids is 2. The van der Waals surface area contributed by atoms with Crippen molar-refractivity contribution in [2.45, 2.75) is 19.9 Å². The number of aliphatic carboxylic acids is 1. The molecule has 0 radical (unpaired) electrons. The molecule has 0 aliphatic heterocycles. The fourth-order valence-electron chi connectivity index (χ4n) is 1.15. The number of aryl methyl sites for hydroxylation is 1. The van der Waals surface area contributed by atoms with Crippen molar-refractivity contribution in [3.05, 3.63) is 29.8 Å². The van der Waals surface area contributed by atoms with Gasteiger partial charge in [0.15, 0.2) is 0 Å². The number of carboxylic acid groups (broad SMARTS) is 1. The minimum Gasteiger partial charge on any atom is -0.480 e. The lowest BCUT2D eigenvalue weighted by molar-refractivity contribution is -0.143. The summed E-state index contributed by atoms with van der Waals surface area (Å²) in [5.74, 6) is -3.08. The minimum atomic E-state index is -1.20. The second-order valence-corrected chi connectivity index (χ2v) is 3.85. The van der Waals surface area contributed by atoms with Crippen molar-refractivity contribution in [2.24, 2.45) is 0 Å². The molecule has 0 saturated carbocycles. The summed E-state index contributed by atoms with van der Waals surface area (Å²) in [6.07, 6.45) is 0. The molecule has 0 aromatic heterocycles. The quantitative estimate of drug-likeness (QED) is 0.681. The van der Waals surface area contributed by atoms with Gasteiger partial charge in [-0.25, -0.2) is 0 Å². The molecule has 1 aromatic rings. The van der Waals surface area contributed by atoms with Gasteiger partial charge in [0.05, 0.1) is 0 Å². The van der Waals surface area contributed by atoms with E-state index in [1.54, 1.807) is 24.3 Å². The van der Waals surface area contributed by atoms with E-state index in [2.05, 4.69) is 10.6 Å². The van der Waals surface area contributed by atoms with Crippen LogP contribution in [-0.2, 0) is 14.4 Å². The average molecular weight is 250 g/mol.